The van der Waals surface area contributed by atoms with Crippen molar-refractivity contribution in [2.75, 3.05) is 0 Å². The Balaban J connectivity index is 0.00000144. The van der Waals surface area contributed by atoms with Crippen molar-refractivity contribution in [3.8, 4) is 0 Å². The van der Waals surface area contributed by atoms with E-state index in [-0.39, 0.29) is 12.4 Å². The van der Waals surface area contributed by atoms with Gasteiger partial charge in [0.05, 0.1) is 23.9 Å². The monoisotopic (exact) mass is 270 g/mol. The van der Waals surface area contributed by atoms with Gasteiger partial charge in [0.2, 0.25) is 0 Å². The number of benzene rings is 1. The lowest BCUT2D eigenvalue weighted by molar-refractivity contribution is 0.553. The van der Waals surface area contributed by atoms with E-state index in [9.17, 15) is 0 Å². The molecule has 0 saturated heterocycles. The SMILES string of the molecule is CCC(c1ccccc1)n1cncc1CCl.Cl. The second kappa shape index (κ2) is 6.67. The second-order valence-electron chi connectivity index (χ2n) is 3.76. The Morgan fingerprint density at radius 3 is 2.59 bits per heavy atom. The summed E-state index contributed by atoms with van der Waals surface area (Å²) in [5, 5.41) is 0. The van der Waals surface area contributed by atoms with Gasteiger partial charge in [0.15, 0.2) is 0 Å². The Bertz CT molecular complexity index is 440. The van der Waals surface area contributed by atoms with Gasteiger partial charge in [-0.2, -0.15) is 0 Å². The van der Waals surface area contributed by atoms with Crippen LogP contribution in [0.3, 0.4) is 0 Å². The summed E-state index contributed by atoms with van der Waals surface area (Å²) in [6.45, 7) is 2.18. The molecule has 0 aliphatic rings. The average Bonchev–Trinajstić information content (AvgIpc) is 2.80. The van der Waals surface area contributed by atoms with E-state index in [1.807, 2.05) is 18.6 Å². The van der Waals surface area contributed by atoms with Crippen molar-refractivity contribution >= 4 is 24.0 Å². The van der Waals surface area contributed by atoms with Gasteiger partial charge in [0, 0.05) is 6.20 Å². The van der Waals surface area contributed by atoms with Gasteiger partial charge < -0.3 is 4.57 Å². The molecular weight excluding hydrogens is 255 g/mol. The molecule has 1 heterocycles. The minimum atomic E-state index is 0. The molecule has 0 spiro atoms. The minimum absolute atomic E-state index is 0. The van der Waals surface area contributed by atoms with Crippen LogP contribution in [0.2, 0.25) is 0 Å². The normalized spacial score (nSPS) is 11.9. The van der Waals surface area contributed by atoms with Crippen molar-refractivity contribution < 1.29 is 0 Å². The summed E-state index contributed by atoms with van der Waals surface area (Å²) in [5.74, 6) is 0.503. The van der Waals surface area contributed by atoms with Crippen molar-refractivity contribution in [2.45, 2.75) is 25.3 Å². The summed E-state index contributed by atoms with van der Waals surface area (Å²) in [6.07, 6.45) is 4.72. The highest BCUT2D eigenvalue weighted by Gasteiger charge is 2.13. The number of nitrogens with zero attached hydrogens (tertiary/aromatic N) is 2. The molecule has 0 N–H and O–H groups in total. The number of imidazole rings is 1. The maximum atomic E-state index is 5.90. The van der Waals surface area contributed by atoms with Crippen molar-refractivity contribution in [3.63, 3.8) is 0 Å². The summed E-state index contributed by atoms with van der Waals surface area (Å²) < 4.78 is 2.16. The summed E-state index contributed by atoms with van der Waals surface area (Å²) in [6, 6.07) is 10.8. The van der Waals surface area contributed by atoms with Gasteiger partial charge in [-0.05, 0) is 12.0 Å². The average molecular weight is 271 g/mol. The standard InChI is InChI=1S/C13H15ClN2.ClH/c1-2-13(11-6-4-3-5-7-11)16-10-15-9-12(16)8-14;/h3-7,9-10,13H,2,8H2,1H3;1H. The molecule has 4 heteroatoms. The van der Waals surface area contributed by atoms with E-state index in [4.69, 9.17) is 11.6 Å². The molecule has 0 aliphatic carbocycles. The van der Waals surface area contributed by atoms with Crippen LogP contribution in [0, 0.1) is 0 Å². The number of aromatic nitrogens is 2. The smallest absolute Gasteiger partial charge is 0.0954 e. The Kier molecular flexibility index (Phi) is 5.52. The zero-order chi connectivity index (χ0) is 11.4. The molecule has 2 aromatic rings. The van der Waals surface area contributed by atoms with Gasteiger partial charge in [-0.25, -0.2) is 4.98 Å². The number of alkyl halides is 1. The first kappa shape index (κ1) is 14.1. The molecule has 0 radical (unpaired) electrons. The fourth-order valence-electron chi connectivity index (χ4n) is 1.98. The molecule has 0 saturated carbocycles. The maximum Gasteiger partial charge on any atom is 0.0954 e. The van der Waals surface area contributed by atoms with E-state index in [1.165, 1.54) is 5.56 Å². The third kappa shape index (κ3) is 3.02. The minimum Gasteiger partial charge on any atom is -0.326 e. The fourth-order valence-corrected chi connectivity index (χ4v) is 2.19. The van der Waals surface area contributed by atoms with E-state index in [0.717, 1.165) is 12.1 Å². The van der Waals surface area contributed by atoms with E-state index in [0.29, 0.717) is 11.9 Å². The molecule has 0 amide bonds. The van der Waals surface area contributed by atoms with Crippen molar-refractivity contribution in [2.24, 2.45) is 0 Å². The van der Waals surface area contributed by atoms with Crippen LogP contribution < -0.4 is 0 Å². The number of halogens is 2. The first-order chi connectivity index (χ1) is 7.86. The lowest BCUT2D eigenvalue weighted by atomic mass is 10.0. The van der Waals surface area contributed by atoms with Gasteiger partial charge in [-0.15, -0.1) is 24.0 Å². The zero-order valence-corrected chi connectivity index (χ0v) is 11.3. The lowest BCUT2D eigenvalue weighted by Gasteiger charge is -2.19. The molecule has 1 aromatic heterocycles. The van der Waals surface area contributed by atoms with Gasteiger partial charge in [-0.3, -0.25) is 0 Å². The first-order valence-electron chi connectivity index (χ1n) is 5.48. The van der Waals surface area contributed by atoms with Gasteiger partial charge in [-0.1, -0.05) is 37.3 Å². The van der Waals surface area contributed by atoms with Crippen molar-refractivity contribution in [1.29, 1.82) is 0 Å². The highest BCUT2D eigenvalue weighted by atomic mass is 35.5. The van der Waals surface area contributed by atoms with Crippen LogP contribution >= 0.6 is 24.0 Å². The fraction of sp³-hybridized carbons (Fsp3) is 0.308. The summed E-state index contributed by atoms with van der Waals surface area (Å²) >= 11 is 5.90. The molecule has 2 rings (SSSR count). The van der Waals surface area contributed by atoms with Crippen LogP contribution in [0.25, 0.3) is 0 Å². The molecule has 92 valence electrons. The van der Waals surface area contributed by atoms with Crippen LogP contribution in [-0.2, 0) is 5.88 Å². The predicted molar refractivity (Wildman–Crippen MR) is 73.9 cm³/mol. The molecule has 2 nitrogen and oxygen atoms in total. The van der Waals surface area contributed by atoms with Crippen LogP contribution in [0.5, 0.6) is 0 Å². The van der Waals surface area contributed by atoms with E-state index in [1.54, 1.807) is 0 Å². The summed E-state index contributed by atoms with van der Waals surface area (Å²) in [4.78, 5) is 4.17. The quantitative estimate of drug-likeness (QED) is 0.767. The van der Waals surface area contributed by atoms with Crippen molar-refractivity contribution in [3.05, 3.63) is 54.1 Å². The number of hydrogen-bond donors (Lipinski definition) is 0. The van der Waals surface area contributed by atoms with E-state index in [2.05, 4.69) is 40.7 Å². The molecule has 0 fully saturated rings. The largest absolute Gasteiger partial charge is 0.326 e. The summed E-state index contributed by atoms with van der Waals surface area (Å²) in [5.41, 5.74) is 2.37. The second-order valence-corrected chi connectivity index (χ2v) is 4.03. The Labute approximate surface area is 113 Å². The third-order valence-corrected chi connectivity index (χ3v) is 3.06. The molecular formula is C13H16Cl2N2. The summed E-state index contributed by atoms with van der Waals surface area (Å²) in [7, 11) is 0. The van der Waals surface area contributed by atoms with Crippen LogP contribution in [-0.4, -0.2) is 9.55 Å². The van der Waals surface area contributed by atoms with Crippen LogP contribution in [0.15, 0.2) is 42.9 Å². The maximum absolute atomic E-state index is 5.90. The van der Waals surface area contributed by atoms with Gasteiger partial charge in [0.25, 0.3) is 0 Å². The van der Waals surface area contributed by atoms with E-state index >= 15 is 0 Å². The van der Waals surface area contributed by atoms with Crippen LogP contribution in [0.4, 0.5) is 0 Å². The predicted octanol–water partition coefficient (Wildman–Crippen LogP) is 4.04. The first-order valence-corrected chi connectivity index (χ1v) is 6.02. The molecule has 1 atom stereocenters. The topological polar surface area (TPSA) is 17.8 Å². The van der Waals surface area contributed by atoms with Crippen LogP contribution in [0.1, 0.15) is 30.6 Å². The highest BCUT2D eigenvalue weighted by molar-refractivity contribution is 6.16. The van der Waals surface area contributed by atoms with Crippen molar-refractivity contribution in [1.82, 2.24) is 9.55 Å². The Morgan fingerprint density at radius 1 is 1.29 bits per heavy atom. The Morgan fingerprint density at radius 2 is 2.00 bits per heavy atom. The highest BCUT2D eigenvalue weighted by Crippen LogP contribution is 2.23. The molecule has 1 unspecified atom stereocenters. The van der Waals surface area contributed by atoms with Gasteiger partial charge >= 0.3 is 0 Å². The lowest BCUT2D eigenvalue weighted by Crippen LogP contribution is -2.10. The molecule has 0 aliphatic heterocycles. The molecule has 17 heavy (non-hydrogen) atoms. The third-order valence-electron chi connectivity index (χ3n) is 2.79. The molecule has 1 aromatic carbocycles. The zero-order valence-electron chi connectivity index (χ0n) is 9.71. The number of rotatable bonds is 4. The van der Waals surface area contributed by atoms with E-state index < -0.39 is 0 Å². The molecule has 0 bridgehead atoms. The Hall–Kier alpha value is -0.990. The van der Waals surface area contributed by atoms with Gasteiger partial charge in [0.1, 0.15) is 0 Å². The number of hydrogen-bond acceptors (Lipinski definition) is 1.